The van der Waals surface area contributed by atoms with Gasteiger partial charge >= 0.3 is 0 Å². The van der Waals surface area contributed by atoms with E-state index in [-0.39, 0.29) is 18.9 Å². The van der Waals surface area contributed by atoms with E-state index in [1.165, 1.54) is 30.3 Å². The Morgan fingerprint density at radius 3 is 2.52 bits per heavy atom. The minimum Gasteiger partial charge on any atom is -0.484 e. The van der Waals surface area contributed by atoms with Gasteiger partial charge in [-0.1, -0.05) is 23.2 Å². The number of carbonyl (C=O) groups excluding carboxylic acids is 2. The van der Waals surface area contributed by atoms with E-state index in [4.69, 9.17) is 32.4 Å². The molecular formula is C20H15Cl2FN2O4. The molecular weight excluding hydrogens is 422 g/mol. The van der Waals surface area contributed by atoms with Gasteiger partial charge in [-0.3, -0.25) is 9.59 Å². The molecule has 3 aromatic rings. The lowest BCUT2D eigenvalue weighted by Crippen LogP contribution is -2.32. The Morgan fingerprint density at radius 2 is 1.79 bits per heavy atom. The summed E-state index contributed by atoms with van der Waals surface area (Å²) in [6, 6.07) is 13.1. The summed E-state index contributed by atoms with van der Waals surface area (Å²) in [5.41, 5.74) is 0.420. The van der Waals surface area contributed by atoms with E-state index in [0.717, 1.165) is 0 Å². The molecule has 0 aliphatic heterocycles. The molecule has 9 heteroatoms. The number of nitrogens with one attached hydrogen (secondary N) is 2. The summed E-state index contributed by atoms with van der Waals surface area (Å²) in [4.78, 5) is 24.0. The highest BCUT2D eigenvalue weighted by molar-refractivity contribution is 6.35. The highest BCUT2D eigenvalue weighted by atomic mass is 35.5. The van der Waals surface area contributed by atoms with E-state index in [9.17, 15) is 14.0 Å². The van der Waals surface area contributed by atoms with Crippen molar-refractivity contribution in [1.82, 2.24) is 5.32 Å². The van der Waals surface area contributed by atoms with Gasteiger partial charge in [0.25, 0.3) is 5.91 Å². The van der Waals surface area contributed by atoms with E-state index in [1.807, 2.05) is 0 Å². The molecule has 0 aliphatic rings. The van der Waals surface area contributed by atoms with Gasteiger partial charge in [0.05, 0.1) is 11.6 Å². The van der Waals surface area contributed by atoms with Crippen molar-refractivity contribution in [3.63, 3.8) is 0 Å². The number of benzene rings is 2. The Bertz CT molecular complexity index is 1020. The summed E-state index contributed by atoms with van der Waals surface area (Å²) in [5, 5.41) is 5.82. The fourth-order valence-corrected chi connectivity index (χ4v) is 2.77. The molecule has 0 fully saturated rings. The molecule has 2 aromatic carbocycles. The largest absolute Gasteiger partial charge is 0.484 e. The molecule has 0 radical (unpaired) electrons. The van der Waals surface area contributed by atoms with Gasteiger partial charge in [0, 0.05) is 10.7 Å². The van der Waals surface area contributed by atoms with Gasteiger partial charge < -0.3 is 19.8 Å². The van der Waals surface area contributed by atoms with Crippen LogP contribution in [-0.2, 0) is 11.4 Å². The summed E-state index contributed by atoms with van der Waals surface area (Å²) in [6.45, 7) is -0.219. The Kier molecular flexibility index (Phi) is 6.74. The van der Waals surface area contributed by atoms with E-state index in [1.54, 1.807) is 24.3 Å². The zero-order chi connectivity index (χ0) is 20.8. The van der Waals surface area contributed by atoms with E-state index in [0.29, 0.717) is 27.2 Å². The van der Waals surface area contributed by atoms with Crippen LogP contribution in [0.15, 0.2) is 59.0 Å². The highest BCUT2D eigenvalue weighted by Gasteiger charge is 2.13. The minimum absolute atomic E-state index is 0.0281. The van der Waals surface area contributed by atoms with Gasteiger partial charge in [-0.25, -0.2) is 4.39 Å². The van der Waals surface area contributed by atoms with Gasteiger partial charge in [-0.2, -0.15) is 0 Å². The number of ether oxygens (including phenoxy) is 1. The second-order valence-corrected chi connectivity index (χ2v) is 6.71. The van der Waals surface area contributed by atoms with Crippen molar-refractivity contribution < 1.29 is 23.1 Å². The fourth-order valence-electron chi connectivity index (χ4n) is 2.30. The Morgan fingerprint density at radius 1 is 1.03 bits per heavy atom. The third-order valence-electron chi connectivity index (χ3n) is 3.69. The predicted octanol–water partition coefficient (Wildman–Crippen LogP) is 4.67. The molecule has 150 valence electrons. The standard InChI is InChI=1S/C20H15Cl2FN2O4/c21-12-1-7-17(16(22)9-12)28-11-15-6-8-18(29-15)20(27)24-10-19(26)25-14-4-2-13(23)3-5-14/h1-9H,10-11H2,(H,24,27)(H,25,26). The zero-order valence-corrected chi connectivity index (χ0v) is 16.4. The Hall–Kier alpha value is -3.03. The van der Waals surface area contributed by atoms with Crippen LogP contribution in [0, 0.1) is 5.82 Å². The number of hydrogen-bond acceptors (Lipinski definition) is 4. The summed E-state index contributed by atoms with van der Waals surface area (Å²) in [5.74, 6) is -0.576. The molecule has 3 rings (SSSR count). The average molecular weight is 437 g/mol. The van der Waals surface area contributed by atoms with Crippen LogP contribution in [0.4, 0.5) is 10.1 Å². The first-order valence-electron chi connectivity index (χ1n) is 8.41. The maximum Gasteiger partial charge on any atom is 0.287 e. The lowest BCUT2D eigenvalue weighted by molar-refractivity contribution is -0.115. The monoisotopic (exact) mass is 436 g/mol. The first-order chi connectivity index (χ1) is 13.9. The van der Waals surface area contributed by atoms with Crippen LogP contribution in [0.3, 0.4) is 0 Å². The smallest absolute Gasteiger partial charge is 0.287 e. The van der Waals surface area contributed by atoms with E-state index in [2.05, 4.69) is 10.6 Å². The molecule has 29 heavy (non-hydrogen) atoms. The maximum absolute atomic E-state index is 12.9. The molecule has 1 aromatic heterocycles. The second-order valence-electron chi connectivity index (χ2n) is 5.87. The number of furan rings is 1. The lowest BCUT2D eigenvalue weighted by Gasteiger charge is -2.07. The number of anilines is 1. The molecule has 0 saturated heterocycles. The molecule has 0 bridgehead atoms. The molecule has 1 heterocycles. The van der Waals surface area contributed by atoms with Crippen molar-refractivity contribution in [3.05, 3.63) is 82.0 Å². The van der Waals surface area contributed by atoms with Crippen molar-refractivity contribution in [2.45, 2.75) is 6.61 Å². The Balaban J connectivity index is 1.48. The van der Waals surface area contributed by atoms with Crippen molar-refractivity contribution >= 4 is 40.7 Å². The molecule has 2 N–H and O–H groups in total. The molecule has 6 nitrogen and oxygen atoms in total. The summed E-state index contributed by atoms with van der Waals surface area (Å²) in [7, 11) is 0. The van der Waals surface area contributed by atoms with E-state index >= 15 is 0 Å². The molecule has 0 aliphatic carbocycles. The quantitative estimate of drug-likeness (QED) is 0.563. The van der Waals surface area contributed by atoms with Crippen molar-refractivity contribution in [2.24, 2.45) is 0 Å². The highest BCUT2D eigenvalue weighted by Crippen LogP contribution is 2.28. The predicted molar refractivity (Wildman–Crippen MR) is 107 cm³/mol. The van der Waals surface area contributed by atoms with Crippen LogP contribution >= 0.6 is 23.2 Å². The topological polar surface area (TPSA) is 80.6 Å². The van der Waals surface area contributed by atoms with Crippen LogP contribution in [0.5, 0.6) is 5.75 Å². The van der Waals surface area contributed by atoms with Crippen molar-refractivity contribution in [1.29, 1.82) is 0 Å². The first-order valence-corrected chi connectivity index (χ1v) is 9.16. The first kappa shape index (κ1) is 20.7. The van der Waals surface area contributed by atoms with Crippen LogP contribution in [0.2, 0.25) is 10.0 Å². The number of halogens is 3. The summed E-state index contributed by atoms with van der Waals surface area (Å²) >= 11 is 11.9. The van der Waals surface area contributed by atoms with Crippen LogP contribution in [-0.4, -0.2) is 18.4 Å². The van der Waals surface area contributed by atoms with Gasteiger partial charge in [0.1, 0.15) is 23.9 Å². The second kappa shape index (κ2) is 9.45. The number of rotatable bonds is 7. The van der Waals surface area contributed by atoms with Gasteiger partial charge in [0.15, 0.2) is 5.76 Å². The summed E-state index contributed by atoms with van der Waals surface area (Å²) < 4.78 is 23.8. The van der Waals surface area contributed by atoms with Crippen LogP contribution in [0.25, 0.3) is 0 Å². The summed E-state index contributed by atoms with van der Waals surface area (Å²) in [6.07, 6.45) is 0. The number of amides is 2. The van der Waals surface area contributed by atoms with Crippen LogP contribution in [0.1, 0.15) is 16.3 Å². The molecule has 0 saturated carbocycles. The molecule has 0 atom stereocenters. The average Bonchev–Trinajstić information content (AvgIpc) is 3.16. The Labute approximate surface area is 175 Å². The van der Waals surface area contributed by atoms with Gasteiger partial charge in [0.2, 0.25) is 5.91 Å². The van der Waals surface area contributed by atoms with Crippen molar-refractivity contribution in [2.75, 3.05) is 11.9 Å². The van der Waals surface area contributed by atoms with Crippen LogP contribution < -0.4 is 15.4 Å². The maximum atomic E-state index is 12.9. The normalized spacial score (nSPS) is 10.4. The molecule has 0 unspecified atom stereocenters. The third-order valence-corrected chi connectivity index (χ3v) is 4.22. The third kappa shape index (κ3) is 5.97. The number of hydrogen-bond donors (Lipinski definition) is 2. The SMILES string of the molecule is O=C(CNC(=O)c1ccc(COc2ccc(Cl)cc2Cl)o1)Nc1ccc(F)cc1. The lowest BCUT2D eigenvalue weighted by atomic mass is 10.3. The minimum atomic E-state index is -0.560. The van der Waals surface area contributed by atoms with Gasteiger partial charge in [-0.15, -0.1) is 0 Å². The fraction of sp³-hybridized carbons (Fsp3) is 0.100. The molecule has 2 amide bonds. The molecule has 0 spiro atoms. The van der Waals surface area contributed by atoms with Gasteiger partial charge in [-0.05, 0) is 54.6 Å². The number of carbonyl (C=O) groups is 2. The van der Waals surface area contributed by atoms with E-state index < -0.39 is 17.6 Å². The van der Waals surface area contributed by atoms with Crippen molar-refractivity contribution in [3.8, 4) is 5.75 Å². The zero-order valence-electron chi connectivity index (χ0n) is 14.9.